The molecule has 1 N–H and O–H groups in total. The summed E-state index contributed by atoms with van der Waals surface area (Å²) in [6.45, 7) is 0.128. The van der Waals surface area contributed by atoms with E-state index >= 15 is 0 Å². The van der Waals surface area contributed by atoms with Gasteiger partial charge in [-0.1, -0.05) is 11.6 Å². The minimum atomic E-state index is -0.0540. The van der Waals surface area contributed by atoms with E-state index in [1.165, 1.54) is 0 Å². The smallest absolute Gasteiger partial charge is 0.177 e. The first kappa shape index (κ1) is 9.52. The lowest BCUT2D eigenvalue weighted by atomic mass is 10.1. The molecule has 0 radical (unpaired) electrons. The van der Waals surface area contributed by atoms with Crippen LogP contribution in [0.3, 0.4) is 0 Å². The van der Waals surface area contributed by atoms with Crippen molar-refractivity contribution in [3.63, 3.8) is 0 Å². The summed E-state index contributed by atoms with van der Waals surface area (Å²) >= 11 is 10.8. The van der Waals surface area contributed by atoms with Crippen molar-refractivity contribution >= 4 is 29.2 Å². The van der Waals surface area contributed by atoms with Gasteiger partial charge in [0.05, 0.1) is 6.54 Å². The molecule has 0 aliphatic carbocycles. The normalized spacial score (nSPS) is 9.83. The minimum Gasteiger partial charge on any atom is -0.293 e. The highest BCUT2D eigenvalue weighted by Gasteiger charge is 2.03. The van der Waals surface area contributed by atoms with Crippen molar-refractivity contribution < 1.29 is 4.79 Å². The Morgan fingerprint density at radius 2 is 1.92 bits per heavy atom. The Kier molecular flexibility index (Phi) is 3.53. The van der Waals surface area contributed by atoms with Gasteiger partial charge in [-0.3, -0.25) is 4.79 Å². The maximum Gasteiger partial charge on any atom is 0.177 e. The third-order valence-electron chi connectivity index (χ3n) is 1.39. The lowest BCUT2D eigenvalue weighted by Crippen LogP contribution is -2.14. The maximum atomic E-state index is 11.2. The number of ketones is 1. The number of carbonyl (C=O) groups excluding carboxylic acids is 1. The van der Waals surface area contributed by atoms with Gasteiger partial charge in [0, 0.05) is 10.6 Å². The predicted molar refractivity (Wildman–Crippen MR) is 49.6 cm³/mol. The van der Waals surface area contributed by atoms with Crippen LogP contribution in [0.2, 0.25) is 5.02 Å². The molecule has 0 aromatic heterocycles. The van der Waals surface area contributed by atoms with Gasteiger partial charge in [-0.25, -0.2) is 4.84 Å². The molecule has 64 valence electrons. The molecule has 0 aliphatic rings. The zero-order valence-corrected chi connectivity index (χ0v) is 7.69. The third-order valence-corrected chi connectivity index (χ3v) is 1.78. The van der Waals surface area contributed by atoms with Crippen LogP contribution in [0.1, 0.15) is 10.4 Å². The van der Waals surface area contributed by atoms with Crippen molar-refractivity contribution in [1.82, 2.24) is 4.84 Å². The summed E-state index contributed by atoms with van der Waals surface area (Å²) in [6.07, 6.45) is 0. The molecule has 1 rings (SSSR count). The van der Waals surface area contributed by atoms with Crippen molar-refractivity contribution in [3.8, 4) is 0 Å². The maximum absolute atomic E-state index is 11.2. The minimum absolute atomic E-state index is 0.0540. The average molecular weight is 204 g/mol. The van der Waals surface area contributed by atoms with E-state index in [2.05, 4.69) is 4.84 Å². The fourth-order valence-corrected chi connectivity index (χ4v) is 1.05. The van der Waals surface area contributed by atoms with Crippen LogP contribution in [0.4, 0.5) is 0 Å². The summed E-state index contributed by atoms with van der Waals surface area (Å²) < 4.78 is 0. The van der Waals surface area contributed by atoms with E-state index in [-0.39, 0.29) is 12.3 Å². The monoisotopic (exact) mass is 203 g/mol. The van der Waals surface area contributed by atoms with Gasteiger partial charge in [-0.05, 0) is 36.0 Å². The molecule has 1 aromatic carbocycles. The highest BCUT2D eigenvalue weighted by molar-refractivity contribution is 6.30. The Morgan fingerprint density at radius 3 is 2.42 bits per heavy atom. The summed E-state index contributed by atoms with van der Waals surface area (Å²) in [7, 11) is 0. The molecule has 0 unspecified atom stereocenters. The van der Waals surface area contributed by atoms with E-state index in [9.17, 15) is 4.79 Å². The van der Waals surface area contributed by atoms with Crippen LogP contribution in [0, 0.1) is 0 Å². The molecule has 0 saturated carbocycles. The number of hydrogen-bond acceptors (Lipinski definition) is 2. The standard InChI is InChI=1S/C8H7Cl2NO/c9-7-3-1-6(2-4-7)8(12)5-11-10/h1-4,11H,5H2. The first-order chi connectivity index (χ1) is 5.74. The molecule has 0 atom stereocenters. The van der Waals surface area contributed by atoms with Crippen molar-refractivity contribution in [1.29, 1.82) is 0 Å². The van der Waals surface area contributed by atoms with Gasteiger partial charge in [0.25, 0.3) is 0 Å². The summed E-state index contributed by atoms with van der Waals surface area (Å²) in [4.78, 5) is 13.4. The number of carbonyl (C=O) groups is 1. The van der Waals surface area contributed by atoms with Crippen LogP contribution in [-0.4, -0.2) is 12.3 Å². The van der Waals surface area contributed by atoms with Crippen LogP contribution in [0.15, 0.2) is 24.3 Å². The summed E-state index contributed by atoms with van der Waals surface area (Å²) in [6, 6.07) is 6.67. The quantitative estimate of drug-likeness (QED) is 0.604. The van der Waals surface area contributed by atoms with Gasteiger partial charge in [0.2, 0.25) is 0 Å². The second-order valence-electron chi connectivity index (χ2n) is 2.24. The third kappa shape index (κ3) is 2.48. The number of hydrogen-bond donors (Lipinski definition) is 1. The molecular weight excluding hydrogens is 197 g/mol. The van der Waals surface area contributed by atoms with E-state index < -0.39 is 0 Å². The SMILES string of the molecule is O=C(CNCl)c1ccc(Cl)cc1. The highest BCUT2D eigenvalue weighted by Crippen LogP contribution is 2.09. The van der Waals surface area contributed by atoms with Crippen molar-refractivity contribution in [3.05, 3.63) is 34.9 Å². The molecule has 0 saturated heterocycles. The average Bonchev–Trinajstić information content (AvgIpc) is 2.06. The van der Waals surface area contributed by atoms with Gasteiger partial charge in [0.1, 0.15) is 0 Å². The second-order valence-corrected chi connectivity index (χ2v) is 2.94. The molecule has 0 bridgehead atoms. The van der Waals surface area contributed by atoms with E-state index in [1.54, 1.807) is 24.3 Å². The molecular formula is C8H7Cl2NO. The van der Waals surface area contributed by atoms with E-state index in [1.807, 2.05) is 0 Å². The largest absolute Gasteiger partial charge is 0.293 e. The summed E-state index contributed by atoms with van der Waals surface area (Å²) in [5.74, 6) is -0.0540. The second kappa shape index (κ2) is 4.45. The lowest BCUT2D eigenvalue weighted by molar-refractivity contribution is 0.0997. The summed E-state index contributed by atoms with van der Waals surface area (Å²) in [5.41, 5.74) is 0.604. The number of rotatable bonds is 3. The molecule has 0 amide bonds. The van der Waals surface area contributed by atoms with Crippen molar-refractivity contribution in [2.75, 3.05) is 6.54 Å². The van der Waals surface area contributed by atoms with Gasteiger partial charge in [-0.2, -0.15) is 0 Å². The Hall–Kier alpha value is -0.570. The molecule has 0 aliphatic heterocycles. The fourth-order valence-electron chi connectivity index (χ4n) is 0.799. The Labute approximate surface area is 80.6 Å². The van der Waals surface area contributed by atoms with Gasteiger partial charge in [0.15, 0.2) is 5.78 Å². The Bertz CT molecular complexity index is 271. The van der Waals surface area contributed by atoms with Crippen LogP contribution in [-0.2, 0) is 0 Å². The zero-order valence-electron chi connectivity index (χ0n) is 6.18. The topological polar surface area (TPSA) is 29.1 Å². The molecule has 12 heavy (non-hydrogen) atoms. The van der Waals surface area contributed by atoms with Crippen molar-refractivity contribution in [2.24, 2.45) is 0 Å². The highest BCUT2D eigenvalue weighted by atomic mass is 35.5. The van der Waals surface area contributed by atoms with Gasteiger partial charge in [-0.15, -0.1) is 0 Å². The molecule has 4 heteroatoms. The number of benzene rings is 1. The van der Waals surface area contributed by atoms with E-state index in [0.29, 0.717) is 10.6 Å². The van der Waals surface area contributed by atoms with Gasteiger partial charge < -0.3 is 0 Å². The molecule has 0 fully saturated rings. The number of halogens is 2. The number of Topliss-reactive ketones (excluding diaryl/α,β-unsaturated/α-hetero) is 1. The molecule has 1 aromatic rings. The van der Waals surface area contributed by atoms with Crippen molar-refractivity contribution in [2.45, 2.75) is 0 Å². The molecule has 0 spiro atoms. The van der Waals surface area contributed by atoms with Crippen LogP contribution < -0.4 is 4.84 Å². The predicted octanol–water partition coefficient (Wildman–Crippen LogP) is 2.27. The Balaban J connectivity index is 2.75. The fraction of sp³-hybridized carbons (Fsp3) is 0.125. The number of nitrogens with one attached hydrogen (secondary N) is 1. The lowest BCUT2D eigenvalue weighted by Gasteiger charge is -1.97. The van der Waals surface area contributed by atoms with Crippen LogP contribution in [0.25, 0.3) is 0 Å². The zero-order chi connectivity index (χ0) is 8.97. The van der Waals surface area contributed by atoms with Crippen LogP contribution in [0.5, 0.6) is 0 Å². The summed E-state index contributed by atoms with van der Waals surface area (Å²) in [5, 5.41) is 0.616. The molecule has 2 nitrogen and oxygen atoms in total. The first-order valence-electron chi connectivity index (χ1n) is 3.36. The van der Waals surface area contributed by atoms with Gasteiger partial charge >= 0.3 is 0 Å². The molecule has 0 heterocycles. The van der Waals surface area contributed by atoms with E-state index in [4.69, 9.17) is 23.4 Å². The van der Waals surface area contributed by atoms with Crippen LogP contribution >= 0.6 is 23.4 Å². The Morgan fingerprint density at radius 1 is 1.33 bits per heavy atom. The first-order valence-corrected chi connectivity index (χ1v) is 4.12. The van der Waals surface area contributed by atoms with E-state index in [0.717, 1.165) is 0 Å².